The van der Waals surface area contributed by atoms with E-state index in [0.717, 1.165) is 12.0 Å². The summed E-state index contributed by atoms with van der Waals surface area (Å²) in [6.07, 6.45) is 2.06. The molecule has 0 radical (unpaired) electrons. The van der Waals surface area contributed by atoms with Crippen molar-refractivity contribution in [2.45, 2.75) is 19.3 Å². The van der Waals surface area contributed by atoms with Crippen LogP contribution in [0.2, 0.25) is 0 Å². The SMILES string of the molecule is NCCCc1nnc(Cc2ccc(F)cc2)o1. The summed E-state index contributed by atoms with van der Waals surface area (Å²) in [6, 6.07) is 6.25. The first kappa shape index (κ1) is 11.7. The van der Waals surface area contributed by atoms with Crippen molar-refractivity contribution in [3.05, 3.63) is 47.4 Å². The number of aromatic nitrogens is 2. The topological polar surface area (TPSA) is 64.9 Å². The summed E-state index contributed by atoms with van der Waals surface area (Å²) in [5.41, 5.74) is 6.34. The van der Waals surface area contributed by atoms with E-state index in [0.29, 0.717) is 31.2 Å². The maximum atomic E-state index is 12.7. The summed E-state index contributed by atoms with van der Waals surface area (Å²) in [7, 11) is 0. The number of benzene rings is 1. The number of hydrogen-bond acceptors (Lipinski definition) is 4. The Morgan fingerprint density at radius 1 is 1.12 bits per heavy atom. The van der Waals surface area contributed by atoms with Crippen molar-refractivity contribution >= 4 is 0 Å². The van der Waals surface area contributed by atoms with Crippen molar-refractivity contribution in [1.82, 2.24) is 10.2 Å². The number of nitrogens with two attached hydrogens (primary N) is 1. The molecule has 5 heteroatoms. The van der Waals surface area contributed by atoms with E-state index in [9.17, 15) is 4.39 Å². The zero-order valence-corrected chi connectivity index (χ0v) is 9.40. The molecule has 0 aliphatic rings. The van der Waals surface area contributed by atoms with Gasteiger partial charge < -0.3 is 10.2 Å². The van der Waals surface area contributed by atoms with Gasteiger partial charge in [0.05, 0.1) is 6.42 Å². The lowest BCUT2D eigenvalue weighted by Crippen LogP contribution is -2.00. The van der Waals surface area contributed by atoms with Gasteiger partial charge in [-0.05, 0) is 30.7 Å². The van der Waals surface area contributed by atoms with Crippen molar-refractivity contribution in [3.63, 3.8) is 0 Å². The predicted molar refractivity (Wildman–Crippen MR) is 60.9 cm³/mol. The molecule has 2 N–H and O–H groups in total. The number of rotatable bonds is 5. The molecule has 0 aliphatic heterocycles. The van der Waals surface area contributed by atoms with Crippen LogP contribution in [0.4, 0.5) is 4.39 Å². The second-order valence-corrected chi connectivity index (χ2v) is 3.79. The Labute approximate surface area is 98.7 Å². The Bertz CT molecular complexity index is 467. The molecule has 0 bridgehead atoms. The van der Waals surface area contributed by atoms with Crippen LogP contribution >= 0.6 is 0 Å². The Morgan fingerprint density at radius 2 is 1.82 bits per heavy atom. The summed E-state index contributed by atoms with van der Waals surface area (Å²) in [6.45, 7) is 0.607. The number of halogens is 1. The van der Waals surface area contributed by atoms with Gasteiger partial charge in [-0.15, -0.1) is 10.2 Å². The fourth-order valence-corrected chi connectivity index (χ4v) is 1.49. The van der Waals surface area contributed by atoms with Gasteiger partial charge in [0.2, 0.25) is 11.8 Å². The fraction of sp³-hybridized carbons (Fsp3) is 0.333. The zero-order chi connectivity index (χ0) is 12.1. The summed E-state index contributed by atoms with van der Waals surface area (Å²) >= 11 is 0. The molecule has 0 spiro atoms. The maximum absolute atomic E-state index is 12.7. The van der Waals surface area contributed by atoms with E-state index in [2.05, 4.69) is 10.2 Å². The highest BCUT2D eigenvalue weighted by atomic mass is 19.1. The van der Waals surface area contributed by atoms with Crippen molar-refractivity contribution < 1.29 is 8.81 Å². The lowest BCUT2D eigenvalue weighted by Gasteiger charge is -1.96. The second-order valence-electron chi connectivity index (χ2n) is 3.79. The molecular weight excluding hydrogens is 221 g/mol. The molecule has 0 aliphatic carbocycles. The van der Waals surface area contributed by atoms with Crippen LogP contribution in [0.1, 0.15) is 23.8 Å². The zero-order valence-electron chi connectivity index (χ0n) is 9.40. The standard InChI is InChI=1S/C12H14FN3O/c13-10-5-3-9(4-6-10)8-12-16-15-11(17-12)2-1-7-14/h3-6H,1-2,7-8,14H2. The Kier molecular flexibility index (Phi) is 3.82. The number of aryl methyl sites for hydroxylation is 1. The van der Waals surface area contributed by atoms with E-state index in [4.69, 9.17) is 10.2 Å². The van der Waals surface area contributed by atoms with Crippen molar-refractivity contribution in [2.24, 2.45) is 5.73 Å². The Morgan fingerprint density at radius 3 is 2.53 bits per heavy atom. The third-order valence-corrected chi connectivity index (χ3v) is 2.37. The summed E-state index contributed by atoms with van der Waals surface area (Å²) in [5.74, 6) is 0.902. The van der Waals surface area contributed by atoms with E-state index >= 15 is 0 Å². The first-order valence-corrected chi connectivity index (χ1v) is 5.53. The third kappa shape index (κ3) is 3.35. The predicted octanol–water partition coefficient (Wildman–Crippen LogP) is 1.69. The smallest absolute Gasteiger partial charge is 0.220 e. The molecule has 0 amide bonds. The van der Waals surface area contributed by atoms with Crippen LogP contribution < -0.4 is 5.73 Å². The first-order chi connectivity index (χ1) is 8.28. The molecule has 0 atom stereocenters. The Hall–Kier alpha value is -1.75. The molecule has 90 valence electrons. The highest BCUT2D eigenvalue weighted by Gasteiger charge is 2.06. The molecule has 0 saturated carbocycles. The average Bonchev–Trinajstić information content (AvgIpc) is 2.77. The summed E-state index contributed by atoms with van der Waals surface area (Å²) < 4.78 is 18.2. The normalized spacial score (nSPS) is 10.7. The monoisotopic (exact) mass is 235 g/mol. The molecule has 0 fully saturated rings. The first-order valence-electron chi connectivity index (χ1n) is 5.53. The van der Waals surface area contributed by atoms with Gasteiger partial charge in [0.25, 0.3) is 0 Å². The van der Waals surface area contributed by atoms with Gasteiger partial charge in [0.15, 0.2) is 0 Å². The highest BCUT2D eigenvalue weighted by Crippen LogP contribution is 2.10. The lowest BCUT2D eigenvalue weighted by atomic mass is 10.1. The Balaban J connectivity index is 1.98. The van der Waals surface area contributed by atoms with E-state index < -0.39 is 0 Å². The lowest BCUT2D eigenvalue weighted by molar-refractivity contribution is 0.453. The molecule has 0 unspecified atom stereocenters. The van der Waals surface area contributed by atoms with Crippen LogP contribution in [0, 0.1) is 5.82 Å². The molecule has 17 heavy (non-hydrogen) atoms. The van der Waals surface area contributed by atoms with Crippen molar-refractivity contribution in [1.29, 1.82) is 0 Å². The van der Waals surface area contributed by atoms with E-state index in [1.54, 1.807) is 12.1 Å². The minimum absolute atomic E-state index is 0.247. The van der Waals surface area contributed by atoms with Gasteiger partial charge in [-0.2, -0.15) is 0 Å². The van der Waals surface area contributed by atoms with Crippen LogP contribution in [-0.2, 0) is 12.8 Å². The van der Waals surface area contributed by atoms with E-state index in [-0.39, 0.29) is 5.82 Å². The second kappa shape index (κ2) is 5.54. The molecule has 0 saturated heterocycles. The molecule has 2 aromatic rings. The van der Waals surface area contributed by atoms with Crippen LogP contribution in [0.5, 0.6) is 0 Å². The van der Waals surface area contributed by atoms with Crippen LogP contribution in [0.25, 0.3) is 0 Å². The molecular formula is C12H14FN3O. The molecule has 4 nitrogen and oxygen atoms in total. The van der Waals surface area contributed by atoms with Crippen LogP contribution in [0.3, 0.4) is 0 Å². The van der Waals surface area contributed by atoms with E-state index in [1.165, 1.54) is 12.1 Å². The molecule has 2 rings (SSSR count). The van der Waals surface area contributed by atoms with Crippen molar-refractivity contribution in [3.8, 4) is 0 Å². The van der Waals surface area contributed by atoms with Gasteiger partial charge in [-0.25, -0.2) is 4.39 Å². The minimum Gasteiger partial charge on any atom is -0.425 e. The quantitative estimate of drug-likeness (QED) is 0.856. The maximum Gasteiger partial charge on any atom is 0.220 e. The van der Waals surface area contributed by atoms with Crippen molar-refractivity contribution in [2.75, 3.05) is 6.54 Å². The van der Waals surface area contributed by atoms with Gasteiger partial charge in [-0.3, -0.25) is 0 Å². The summed E-state index contributed by atoms with van der Waals surface area (Å²) in [5, 5.41) is 7.86. The molecule has 1 aromatic heterocycles. The summed E-state index contributed by atoms with van der Waals surface area (Å²) in [4.78, 5) is 0. The minimum atomic E-state index is -0.247. The number of hydrogen-bond donors (Lipinski definition) is 1. The van der Waals surface area contributed by atoms with Gasteiger partial charge >= 0.3 is 0 Å². The van der Waals surface area contributed by atoms with Crippen LogP contribution in [0.15, 0.2) is 28.7 Å². The molecule has 1 heterocycles. The van der Waals surface area contributed by atoms with Crippen LogP contribution in [-0.4, -0.2) is 16.7 Å². The largest absolute Gasteiger partial charge is 0.425 e. The van der Waals surface area contributed by atoms with Gasteiger partial charge in [0, 0.05) is 6.42 Å². The highest BCUT2D eigenvalue weighted by molar-refractivity contribution is 5.18. The molecule has 1 aromatic carbocycles. The van der Waals surface area contributed by atoms with Gasteiger partial charge in [-0.1, -0.05) is 12.1 Å². The average molecular weight is 235 g/mol. The third-order valence-electron chi connectivity index (χ3n) is 2.37. The van der Waals surface area contributed by atoms with Gasteiger partial charge in [0.1, 0.15) is 5.82 Å². The van der Waals surface area contributed by atoms with E-state index in [1.807, 2.05) is 0 Å². The fourth-order valence-electron chi connectivity index (χ4n) is 1.49. The number of nitrogens with zero attached hydrogens (tertiary/aromatic N) is 2.